The van der Waals surface area contributed by atoms with Gasteiger partial charge in [0, 0.05) is 23.2 Å². The van der Waals surface area contributed by atoms with Gasteiger partial charge in [-0.15, -0.1) is 11.3 Å². The fraction of sp³-hybridized carbons (Fsp3) is 0.227. The van der Waals surface area contributed by atoms with Gasteiger partial charge in [-0.3, -0.25) is 4.79 Å². The van der Waals surface area contributed by atoms with Gasteiger partial charge in [0.25, 0.3) is 10.2 Å². The normalized spacial score (nSPS) is 12.1. The van der Waals surface area contributed by atoms with Crippen molar-refractivity contribution in [2.45, 2.75) is 25.3 Å². The van der Waals surface area contributed by atoms with Crippen molar-refractivity contribution in [1.29, 1.82) is 0 Å². The number of benzene rings is 2. The molecule has 0 radical (unpaired) electrons. The summed E-state index contributed by atoms with van der Waals surface area (Å²) in [6.45, 7) is 0.0991. The lowest BCUT2D eigenvalue weighted by Crippen LogP contribution is -2.45. The van der Waals surface area contributed by atoms with E-state index >= 15 is 0 Å². The van der Waals surface area contributed by atoms with E-state index in [0.29, 0.717) is 29.4 Å². The van der Waals surface area contributed by atoms with Crippen molar-refractivity contribution >= 4 is 44.3 Å². The van der Waals surface area contributed by atoms with Crippen LogP contribution in [0.4, 0.5) is 20.0 Å². The third-order valence-electron chi connectivity index (χ3n) is 4.75. The number of unbranched alkanes of at least 4 members (excludes halogenated alkanes) is 1. The monoisotopic (exact) mass is 520 g/mol. The number of rotatable bonds is 11. The van der Waals surface area contributed by atoms with Gasteiger partial charge in [0.05, 0.1) is 5.69 Å². The minimum Gasteiger partial charge on any atom is -0.326 e. The highest BCUT2D eigenvalue weighted by Gasteiger charge is 2.22. The van der Waals surface area contributed by atoms with Crippen molar-refractivity contribution in [2.75, 3.05) is 17.2 Å². The zero-order valence-corrected chi connectivity index (χ0v) is 20.2. The van der Waals surface area contributed by atoms with Crippen molar-refractivity contribution in [2.24, 2.45) is 5.14 Å². The summed E-state index contributed by atoms with van der Waals surface area (Å²) in [4.78, 5) is 29.8. The molecule has 1 heterocycles. The number of nitrogens with two attached hydrogens (primary N) is 1. The van der Waals surface area contributed by atoms with Crippen molar-refractivity contribution in [3.63, 3.8) is 0 Å². The third-order valence-corrected chi connectivity index (χ3v) is 6.11. The lowest BCUT2D eigenvalue weighted by molar-refractivity contribution is -0.118. The Hall–Kier alpha value is -3.39. The summed E-state index contributed by atoms with van der Waals surface area (Å²) in [5.41, 5.74) is 1.96. The standard InChI is InChI=1S/C22H25FN6O4S2/c23-16-9-11-17(12-10-16)26-21(31)27-18(8-4-5-13-25-35(24,32)33)20(30)29-22-28-19(14-34-22)15-6-2-1-3-7-15/h1-3,6-7,9-12,14,18,25H,4-5,8,13H2,(H2,24,32,33)(H2,26,27,31)(H,28,29,30). The van der Waals surface area contributed by atoms with Crippen LogP contribution < -0.4 is 25.8 Å². The molecular weight excluding hydrogens is 495 g/mol. The van der Waals surface area contributed by atoms with Crippen LogP contribution in [0.3, 0.4) is 0 Å². The molecule has 0 aliphatic heterocycles. The highest BCUT2D eigenvalue weighted by Crippen LogP contribution is 2.24. The number of carbonyl (C=O) groups is 2. The van der Waals surface area contributed by atoms with E-state index in [9.17, 15) is 22.4 Å². The molecule has 186 valence electrons. The lowest BCUT2D eigenvalue weighted by atomic mass is 10.1. The van der Waals surface area contributed by atoms with Gasteiger partial charge in [0.2, 0.25) is 5.91 Å². The number of nitrogens with one attached hydrogen (secondary N) is 4. The predicted molar refractivity (Wildman–Crippen MR) is 133 cm³/mol. The molecule has 2 aromatic carbocycles. The largest absolute Gasteiger partial charge is 0.326 e. The Morgan fingerprint density at radius 1 is 1.03 bits per heavy atom. The fourth-order valence-corrected chi connectivity index (χ4v) is 4.23. The van der Waals surface area contributed by atoms with E-state index < -0.39 is 34.0 Å². The lowest BCUT2D eigenvalue weighted by Gasteiger charge is -2.18. The second-order valence-electron chi connectivity index (χ2n) is 7.49. The molecule has 0 aliphatic rings. The highest BCUT2D eigenvalue weighted by molar-refractivity contribution is 7.87. The second kappa shape index (κ2) is 12.4. The number of hydrogen-bond donors (Lipinski definition) is 5. The first-order chi connectivity index (χ1) is 16.7. The van der Waals surface area contributed by atoms with Gasteiger partial charge in [-0.1, -0.05) is 30.3 Å². The van der Waals surface area contributed by atoms with Gasteiger partial charge < -0.3 is 16.0 Å². The number of nitrogens with zero attached hydrogens (tertiary/aromatic N) is 1. The second-order valence-corrected chi connectivity index (χ2v) is 9.72. The molecule has 3 aromatic rings. The molecule has 3 amide bonds. The molecule has 3 rings (SSSR count). The Morgan fingerprint density at radius 3 is 2.43 bits per heavy atom. The molecule has 1 aromatic heterocycles. The smallest absolute Gasteiger partial charge is 0.319 e. The zero-order valence-electron chi connectivity index (χ0n) is 18.5. The molecule has 0 saturated heterocycles. The Bertz CT molecular complexity index is 1240. The molecule has 0 fully saturated rings. The van der Waals surface area contributed by atoms with E-state index in [1.807, 2.05) is 35.7 Å². The number of carbonyl (C=O) groups excluding carboxylic acids is 2. The van der Waals surface area contributed by atoms with Gasteiger partial charge in [0.1, 0.15) is 11.9 Å². The Labute approximate surface area is 206 Å². The molecule has 6 N–H and O–H groups in total. The molecule has 0 spiro atoms. The third kappa shape index (κ3) is 9.05. The average Bonchev–Trinajstić information content (AvgIpc) is 3.28. The summed E-state index contributed by atoms with van der Waals surface area (Å²) >= 11 is 1.25. The number of aromatic nitrogens is 1. The molecule has 0 saturated carbocycles. The highest BCUT2D eigenvalue weighted by atomic mass is 32.2. The summed E-state index contributed by atoms with van der Waals surface area (Å²) in [7, 11) is -3.80. The quantitative estimate of drug-likeness (QED) is 0.246. The van der Waals surface area contributed by atoms with E-state index in [2.05, 4.69) is 25.7 Å². The van der Waals surface area contributed by atoms with E-state index in [0.717, 1.165) is 5.56 Å². The summed E-state index contributed by atoms with van der Waals surface area (Å²) in [6.07, 6.45) is 1.05. The first-order valence-corrected chi connectivity index (χ1v) is 13.0. The number of anilines is 2. The molecular formula is C22H25FN6O4S2. The molecule has 10 nitrogen and oxygen atoms in total. The van der Waals surface area contributed by atoms with Gasteiger partial charge in [0.15, 0.2) is 5.13 Å². The molecule has 0 aliphatic carbocycles. The molecule has 1 unspecified atom stereocenters. The topological polar surface area (TPSA) is 155 Å². The van der Waals surface area contributed by atoms with Gasteiger partial charge in [-0.25, -0.2) is 24.0 Å². The predicted octanol–water partition coefficient (Wildman–Crippen LogP) is 3.04. The van der Waals surface area contributed by atoms with Gasteiger partial charge >= 0.3 is 6.03 Å². The maximum Gasteiger partial charge on any atom is 0.319 e. The van der Waals surface area contributed by atoms with Crippen LogP contribution in [0.15, 0.2) is 60.0 Å². The van der Waals surface area contributed by atoms with Gasteiger partial charge in [-0.2, -0.15) is 8.42 Å². The Kier molecular flexibility index (Phi) is 9.25. The van der Waals surface area contributed by atoms with E-state index in [4.69, 9.17) is 5.14 Å². The van der Waals surface area contributed by atoms with Crippen molar-refractivity contribution in [3.05, 3.63) is 65.8 Å². The van der Waals surface area contributed by atoms with Crippen LogP contribution in [0.25, 0.3) is 11.3 Å². The summed E-state index contributed by atoms with van der Waals surface area (Å²) < 4.78 is 37.3. The average molecular weight is 521 g/mol. The van der Waals surface area contributed by atoms with Crippen LogP contribution in [-0.2, 0) is 15.0 Å². The SMILES string of the molecule is NS(=O)(=O)NCCCCC(NC(=O)Nc1ccc(F)cc1)C(=O)Nc1nc(-c2ccccc2)cs1. The van der Waals surface area contributed by atoms with Crippen LogP contribution in [0, 0.1) is 5.82 Å². The number of hydrogen-bond acceptors (Lipinski definition) is 6. The van der Waals surface area contributed by atoms with Crippen molar-refractivity contribution in [3.8, 4) is 11.3 Å². The van der Waals surface area contributed by atoms with E-state index in [1.54, 1.807) is 0 Å². The first-order valence-electron chi connectivity index (χ1n) is 10.6. The number of urea groups is 1. The molecule has 0 bridgehead atoms. The Morgan fingerprint density at radius 2 is 1.74 bits per heavy atom. The molecule has 13 heteroatoms. The Balaban J connectivity index is 1.62. The van der Waals surface area contributed by atoms with Gasteiger partial charge in [-0.05, 0) is 43.5 Å². The van der Waals surface area contributed by atoms with Crippen molar-refractivity contribution < 1.29 is 22.4 Å². The minimum atomic E-state index is -3.80. The summed E-state index contributed by atoms with van der Waals surface area (Å²) in [5.74, 6) is -0.924. The maximum absolute atomic E-state index is 13.1. The van der Waals surface area contributed by atoms with Crippen LogP contribution in [0.2, 0.25) is 0 Å². The van der Waals surface area contributed by atoms with Crippen LogP contribution in [0.5, 0.6) is 0 Å². The maximum atomic E-state index is 13.1. The minimum absolute atomic E-state index is 0.0991. The number of thiazole rings is 1. The fourth-order valence-electron chi connectivity index (χ4n) is 3.08. The summed E-state index contributed by atoms with van der Waals surface area (Å²) in [6, 6.07) is 13.1. The summed E-state index contributed by atoms with van der Waals surface area (Å²) in [5, 5.41) is 15.0. The number of halogens is 1. The van der Waals surface area contributed by atoms with Crippen LogP contribution >= 0.6 is 11.3 Å². The number of amides is 3. The zero-order chi connectivity index (χ0) is 25.3. The molecule has 35 heavy (non-hydrogen) atoms. The first kappa shape index (κ1) is 26.2. The van der Waals surface area contributed by atoms with Crippen molar-refractivity contribution in [1.82, 2.24) is 15.0 Å². The molecule has 1 atom stereocenters. The van der Waals surface area contributed by atoms with Crippen LogP contribution in [-0.4, -0.2) is 37.9 Å². The van der Waals surface area contributed by atoms with E-state index in [-0.39, 0.29) is 13.0 Å². The van der Waals surface area contributed by atoms with Crippen LogP contribution in [0.1, 0.15) is 19.3 Å². The van der Waals surface area contributed by atoms with E-state index in [1.165, 1.54) is 35.6 Å².